The molecule has 0 saturated heterocycles. The van der Waals surface area contributed by atoms with E-state index in [2.05, 4.69) is 15.9 Å². The molecule has 1 aliphatic rings. The maximum atomic E-state index is 6.85. The fourth-order valence-corrected chi connectivity index (χ4v) is 2.79. The Kier molecular flexibility index (Phi) is 4.90. The summed E-state index contributed by atoms with van der Waals surface area (Å²) in [7, 11) is 0. The van der Waals surface area contributed by atoms with Gasteiger partial charge in [-0.3, -0.25) is 5.40 Å². The third-order valence-corrected chi connectivity index (χ3v) is 3.94. The van der Waals surface area contributed by atoms with Gasteiger partial charge in [-0.05, 0) is 30.0 Å². The number of nitrogens with one attached hydrogen (secondary N) is 2. The number of rotatable bonds is 4. The highest BCUT2D eigenvalue weighted by Gasteiger charge is 2.17. The third-order valence-electron chi connectivity index (χ3n) is 3.69. The Labute approximate surface area is 126 Å². The first kappa shape index (κ1) is 13.4. The van der Waals surface area contributed by atoms with Crippen LogP contribution < -0.4 is 11.2 Å². The van der Waals surface area contributed by atoms with Gasteiger partial charge in [0, 0.05) is 5.02 Å². The van der Waals surface area contributed by atoms with Gasteiger partial charge in [-0.15, -0.1) is 0 Å². The molecule has 1 saturated carbocycles. The van der Waals surface area contributed by atoms with E-state index in [4.69, 9.17) is 18.7 Å². The second-order valence-corrected chi connectivity index (χ2v) is 5.71. The third kappa shape index (κ3) is 4.53. The number of hydrogen-bond donors (Lipinski definition) is 3. The van der Waals surface area contributed by atoms with Gasteiger partial charge in [-0.25, -0.2) is 5.43 Å². The summed E-state index contributed by atoms with van der Waals surface area (Å²) in [6.45, 7) is 0. The fourth-order valence-electron chi connectivity index (χ4n) is 2.66. The lowest BCUT2D eigenvalue weighted by Gasteiger charge is -2.22. The Morgan fingerprint density at radius 1 is 1.35 bits per heavy atom. The van der Waals surface area contributed by atoms with E-state index in [0.29, 0.717) is 10.9 Å². The smallest absolute Gasteiger partial charge is 0.206 e. The van der Waals surface area contributed by atoms with E-state index in [-0.39, 0.29) is 5.96 Å². The maximum Gasteiger partial charge on any atom is 0.206 e. The zero-order valence-electron chi connectivity index (χ0n) is 12.5. The SMILES string of the molecule is [H]/N=C(\N)NN=C(CC1CCCCC1)c1ccc(Cl)cc1. The van der Waals surface area contributed by atoms with Crippen molar-refractivity contribution in [3.05, 3.63) is 34.9 Å². The van der Waals surface area contributed by atoms with Crippen LogP contribution >= 0.6 is 11.6 Å². The molecule has 0 spiro atoms. The molecule has 20 heavy (non-hydrogen) atoms. The summed E-state index contributed by atoms with van der Waals surface area (Å²) in [5.41, 5.74) is 10.1. The van der Waals surface area contributed by atoms with Crippen LogP contribution in [0.15, 0.2) is 29.4 Å². The zero-order valence-corrected chi connectivity index (χ0v) is 12.2. The van der Waals surface area contributed by atoms with Crippen LogP contribution in [0.3, 0.4) is 0 Å². The van der Waals surface area contributed by atoms with Gasteiger partial charge in [0.25, 0.3) is 0 Å². The number of guanidine groups is 1. The van der Waals surface area contributed by atoms with Crippen molar-refractivity contribution in [3.8, 4) is 0 Å². The minimum absolute atomic E-state index is 0.00916. The highest BCUT2D eigenvalue weighted by Crippen LogP contribution is 2.28. The first-order valence-corrected chi connectivity index (χ1v) is 7.43. The normalized spacial score (nSPS) is 18.8. The minimum Gasteiger partial charge on any atom is -0.369 e. The van der Waals surface area contributed by atoms with Crippen LogP contribution in [0.2, 0.25) is 6.43 Å². The minimum atomic E-state index is -0.00916. The van der Waals surface area contributed by atoms with Crippen molar-refractivity contribution in [1.82, 2.24) is 5.43 Å². The van der Waals surface area contributed by atoms with Gasteiger partial charge in [-0.1, -0.05) is 55.8 Å². The summed E-state index contributed by atoms with van der Waals surface area (Å²) in [6, 6.07) is 7.63. The average Bonchev–Trinajstić information content (AvgIpc) is 2.53. The molecule has 4 N–H and O–H groups in total. The first-order valence-electron chi connectivity index (χ1n) is 7.50. The molecule has 1 aliphatic carbocycles. The molecular formula is C15H21ClN4. The lowest BCUT2D eigenvalue weighted by atomic mass is 9.84. The molecule has 0 aliphatic heterocycles. The van der Waals surface area contributed by atoms with Crippen LogP contribution in [-0.4, -0.2) is 11.7 Å². The van der Waals surface area contributed by atoms with Crippen LogP contribution in [0, 0.1) is 11.3 Å². The van der Waals surface area contributed by atoms with E-state index in [9.17, 15) is 0 Å². The number of halogens is 1. The number of benzene rings is 1. The summed E-state index contributed by atoms with van der Waals surface area (Å²) in [5.74, 6) is 0.647. The van der Waals surface area contributed by atoms with Crippen LogP contribution in [0.25, 0.3) is 0 Å². The van der Waals surface area contributed by atoms with Gasteiger partial charge < -0.3 is 5.73 Å². The molecule has 0 atom stereocenters. The molecule has 4 nitrogen and oxygen atoms in total. The van der Waals surface area contributed by atoms with E-state index >= 15 is 0 Å². The molecule has 0 unspecified atom stereocenters. The Morgan fingerprint density at radius 3 is 2.70 bits per heavy atom. The van der Waals surface area contributed by atoms with Crippen molar-refractivity contribution in [1.29, 1.82) is 5.40 Å². The molecular weight excluding hydrogens is 272 g/mol. The molecule has 2 rings (SSSR count). The maximum absolute atomic E-state index is 6.85. The highest BCUT2D eigenvalue weighted by atomic mass is 35.5. The lowest BCUT2D eigenvalue weighted by molar-refractivity contribution is 0.368. The summed E-state index contributed by atoms with van der Waals surface area (Å²) in [6.07, 6.45) is 7.31. The quantitative estimate of drug-likeness (QED) is 0.451. The fraction of sp³-hybridized carbons (Fsp3) is 0.467. The number of hydrogen-bond acceptors (Lipinski definition) is 2. The molecule has 0 radical (unpaired) electrons. The van der Waals surface area contributed by atoms with E-state index in [1.165, 1.54) is 32.1 Å². The summed E-state index contributed by atoms with van der Waals surface area (Å²) in [5, 5.41) is 8.16. The summed E-state index contributed by atoms with van der Waals surface area (Å²) >= 11 is 5.94. The Hall–Kier alpha value is -1.55. The molecule has 1 aromatic rings. The zero-order chi connectivity index (χ0) is 15.1. The molecule has 0 heterocycles. The largest absolute Gasteiger partial charge is 0.369 e. The monoisotopic (exact) mass is 292 g/mol. The lowest BCUT2D eigenvalue weighted by Crippen LogP contribution is -2.27. The number of hydrazone groups is 1. The summed E-state index contributed by atoms with van der Waals surface area (Å²) < 4.78 is 6.85. The van der Waals surface area contributed by atoms with Crippen LogP contribution in [0.1, 0.15) is 44.1 Å². The standard InChI is InChI=1S/C15H21ClN4/c16-13-8-6-12(7-9-13)14(19-20-15(17)18)10-11-4-2-1-3-5-11/h6-9,11H,1-5,10H2,(H4,17,18,20). The molecule has 5 heteroatoms. The highest BCUT2D eigenvalue weighted by molar-refractivity contribution is 6.30. The van der Waals surface area contributed by atoms with Crippen LogP contribution in [0.5, 0.6) is 0 Å². The van der Waals surface area contributed by atoms with Gasteiger partial charge in [0.15, 0.2) is 1.41 Å². The van der Waals surface area contributed by atoms with Gasteiger partial charge in [0.1, 0.15) is 0 Å². The average molecular weight is 293 g/mol. The van der Waals surface area contributed by atoms with Gasteiger partial charge in [-0.2, -0.15) is 5.10 Å². The van der Waals surface area contributed by atoms with E-state index in [1.807, 2.05) is 24.3 Å². The molecule has 0 aromatic heterocycles. The van der Waals surface area contributed by atoms with E-state index in [1.54, 1.807) is 0 Å². The molecule has 108 valence electrons. The van der Waals surface area contributed by atoms with Crippen LogP contribution in [0.4, 0.5) is 0 Å². The van der Waals surface area contributed by atoms with Crippen molar-refractivity contribution >= 4 is 23.3 Å². The number of nitrogens with two attached hydrogens (primary N) is 1. The molecule has 1 fully saturated rings. The van der Waals surface area contributed by atoms with Crippen LogP contribution in [-0.2, 0) is 0 Å². The van der Waals surface area contributed by atoms with Gasteiger partial charge >= 0.3 is 0 Å². The van der Waals surface area contributed by atoms with Crippen molar-refractivity contribution < 1.29 is 1.41 Å². The second kappa shape index (κ2) is 7.29. The first-order chi connectivity index (χ1) is 10.2. The summed E-state index contributed by atoms with van der Waals surface area (Å²) in [4.78, 5) is 0. The van der Waals surface area contributed by atoms with Gasteiger partial charge in [0.2, 0.25) is 5.96 Å². The Balaban J connectivity index is 2.14. The Bertz CT molecular complexity index is 507. The van der Waals surface area contributed by atoms with E-state index < -0.39 is 0 Å². The van der Waals surface area contributed by atoms with Crippen molar-refractivity contribution in [2.45, 2.75) is 38.5 Å². The Morgan fingerprint density at radius 2 is 2.05 bits per heavy atom. The van der Waals surface area contributed by atoms with E-state index in [0.717, 1.165) is 17.7 Å². The molecule has 0 amide bonds. The van der Waals surface area contributed by atoms with Gasteiger partial charge in [0.05, 0.1) is 5.71 Å². The predicted octanol–water partition coefficient (Wildman–Crippen LogP) is 3.50. The predicted molar refractivity (Wildman–Crippen MR) is 84.2 cm³/mol. The number of nitrogens with zero attached hydrogens (tertiary/aromatic N) is 1. The second-order valence-electron chi connectivity index (χ2n) is 5.27. The molecule has 1 aromatic carbocycles. The van der Waals surface area contributed by atoms with Crippen molar-refractivity contribution in [2.24, 2.45) is 16.8 Å². The topological polar surface area (TPSA) is 74.3 Å². The van der Waals surface area contributed by atoms with Crippen molar-refractivity contribution in [2.75, 3.05) is 0 Å². The van der Waals surface area contributed by atoms with Crippen molar-refractivity contribution in [3.63, 3.8) is 0 Å². The molecule has 0 bridgehead atoms.